The van der Waals surface area contributed by atoms with Crippen LogP contribution in [0.5, 0.6) is 0 Å². The summed E-state index contributed by atoms with van der Waals surface area (Å²) in [7, 11) is 0. The van der Waals surface area contributed by atoms with Crippen LogP contribution in [0.3, 0.4) is 0 Å². The minimum absolute atomic E-state index is 0.573. The number of para-hydroxylation sites is 1. The highest BCUT2D eigenvalue weighted by atomic mass is 15.1. The van der Waals surface area contributed by atoms with E-state index in [1.54, 1.807) is 12.1 Å². The Hall–Kier alpha value is -2.65. The first-order chi connectivity index (χ1) is 9.83. The molecule has 4 N–H and O–H groups in total. The monoisotopic (exact) mass is 268 g/mol. The number of benzene rings is 1. The molecule has 1 aromatic carbocycles. The molecule has 1 heterocycles. The van der Waals surface area contributed by atoms with Gasteiger partial charge in [0.15, 0.2) is 0 Å². The highest BCUT2D eigenvalue weighted by molar-refractivity contribution is 5.65. The van der Waals surface area contributed by atoms with Crippen molar-refractivity contribution in [3.63, 3.8) is 0 Å². The Morgan fingerprint density at radius 2 is 2.00 bits per heavy atom. The zero-order chi connectivity index (χ0) is 14.2. The van der Waals surface area contributed by atoms with Gasteiger partial charge in [-0.1, -0.05) is 12.1 Å². The summed E-state index contributed by atoms with van der Waals surface area (Å²) in [5.74, 6) is 1.36. The van der Waals surface area contributed by atoms with Crippen LogP contribution in [0.25, 0.3) is 0 Å². The number of rotatable bonds is 6. The smallest absolute Gasteiger partial charge is 0.135 e. The maximum absolute atomic E-state index is 9.05. The van der Waals surface area contributed by atoms with E-state index in [2.05, 4.69) is 26.7 Å². The van der Waals surface area contributed by atoms with Crippen molar-refractivity contribution in [2.24, 2.45) is 5.73 Å². The van der Waals surface area contributed by atoms with Crippen LogP contribution in [0.2, 0.25) is 0 Å². The number of aromatic nitrogens is 2. The van der Waals surface area contributed by atoms with Gasteiger partial charge in [0, 0.05) is 12.6 Å². The van der Waals surface area contributed by atoms with Crippen molar-refractivity contribution in [3.05, 3.63) is 42.2 Å². The molecule has 0 saturated heterocycles. The van der Waals surface area contributed by atoms with Crippen LogP contribution < -0.4 is 16.4 Å². The van der Waals surface area contributed by atoms with E-state index in [9.17, 15) is 0 Å². The summed E-state index contributed by atoms with van der Waals surface area (Å²) in [4.78, 5) is 8.27. The van der Waals surface area contributed by atoms with Gasteiger partial charge >= 0.3 is 0 Å². The lowest BCUT2D eigenvalue weighted by atomic mass is 10.2. The van der Waals surface area contributed by atoms with Crippen LogP contribution >= 0.6 is 0 Å². The third-order valence-electron chi connectivity index (χ3n) is 2.66. The molecular formula is C14H16N6. The molecule has 0 amide bonds. The minimum atomic E-state index is 0.573. The molecule has 0 aliphatic carbocycles. The second-order valence-electron chi connectivity index (χ2n) is 4.14. The van der Waals surface area contributed by atoms with Crippen LogP contribution in [0.4, 0.5) is 17.3 Å². The lowest BCUT2D eigenvalue weighted by Crippen LogP contribution is -2.09. The van der Waals surface area contributed by atoms with E-state index in [-0.39, 0.29) is 0 Å². The SMILES string of the molecule is N#Cc1ccccc1Nc1cc(NCCCN)ncn1. The molecular weight excluding hydrogens is 252 g/mol. The summed E-state index contributed by atoms with van der Waals surface area (Å²) in [6.07, 6.45) is 2.35. The molecule has 1 aromatic heterocycles. The van der Waals surface area contributed by atoms with Crippen molar-refractivity contribution in [1.29, 1.82) is 5.26 Å². The van der Waals surface area contributed by atoms with E-state index in [0.717, 1.165) is 24.5 Å². The molecule has 0 fully saturated rings. The fourth-order valence-corrected chi connectivity index (χ4v) is 1.67. The van der Waals surface area contributed by atoms with Crippen molar-refractivity contribution in [3.8, 4) is 6.07 Å². The first-order valence-electron chi connectivity index (χ1n) is 6.35. The number of nitrogens with one attached hydrogen (secondary N) is 2. The summed E-state index contributed by atoms with van der Waals surface area (Å²) < 4.78 is 0. The molecule has 6 nitrogen and oxygen atoms in total. The van der Waals surface area contributed by atoms with Gasteiger partial charge in [-0.3, -0.25) is 0 Å². The predicted octanol–water partition coefficient (Wildman–Crippen LogP) is 1.85. The van der Waals surface area contributed by atoms with E-state index in [4.69, 9.17) is 11.0 Å². The lowest BCUT2D eigenvalue weighted by molar-refractivity contribution is 0.869. The summed E-state index contributed by atoms with van der Waals surface area (Å²) in [5, 5.41) is 15.3. The molecule has 2 aromatic rings. The molecule has 102 valence electrons. The molecule has 0 saturated carbocycles. The van der Waals surface area contributed by atoms with E-state index in [0.29, 0.717) is 17.9 Å². The Morgan fingerprint density at radius 3 is 2.80 bits per heavy atom. The van der Waals surface area contributed by atoms with Gasteiger partial charge in [0.2, 0.25) is 0 Å². The Balaban J connectivity index is 2.10. The van der Waals surface area contributed by atoms with Crippen LogP contribution in [-0.2, 0) is 0 Å². The molecule has 6 heteroatoms. The number of nitriles is 1. The first kappa shape index (κ1) is 13.8. The van der Waals surface area contributed by atoms with E-state index in [1.165, 1.54) is 6.33 Å². The van der Waals surface area contributed by atoms with Crippen molar-refractivity contribution in [1.82, 2.24) is 9.97 Å². The summed E-state index contributed by atoms with van der Waals surface area (Å²) in [6, 6.07) is 11.2. The van der Waals surface area contributed by atoms with Gasteiger partial charge in [0.1, 0.15) is 24.0 Å². The maximum Gasteiger partial charge on any atom is 0.135 e. The fraction of sp³-hybridized carbons (Fsp3) is 0.214. The predicted molar refractivity (Wildman–Crippen MR) is 78.6 cm³/mol. The van der Waals surface area contributed by atoms with Gasteiger partial charge in [-0.2, -0.15) is 5.26 Å². The van der Waals surface area contributed by atoms with Crippen molar-refractivity contribution in [2.75, 3.05) is 23.7 Å². The molecule has 0 bridgehead atoms. The fourth-order valence-electron chi connectivity index (χ4n) is 1.67. The average molecular weight is 268 g/mol. The number of nitrogens with two attached hydrogens (primary N) is 1. The standard InChI is InChI=1S/C14H16N6/c15-6-3-7-17-13-8-14(19-10-18-13)20-12-5-2-1-4-11(12)9-16/h1-2,4-5,8,10H,3,6-7,15H2,(H2,17,18,19,20). The highest BCUT2D eigenvalue weighted by Gasteiger charge is 2.03. The quantitative estimate of drug-likeness (QED) is 0.691. The highest BCUT2D eigenvalue weighted by Crippen LogP contribution is 2.19. The lowest BCUT2D eigenvalue weighted by Gasteiger charge is -2.09. The summed E-state index contributed by atoms with van der Waals surface area (Å²) >= 11 is 0. The van der Waals surface area contributed by atoms with Gasteiger partial charge in [-0.25, -0.2) is 9.97 Å². The van der Waals surface area contributed by atoms with Gasteiger partial charge < -0.3 is 16.4 Å². The summed E-state index contributed by atoms with van der Waals surface area (Å²) in [5.41, 5.74) is 6.74. The molecule has 0 aliphatic heterocycles. The largest absolute Gasteiger partial charge is 0.370 e. The Bertz CT molecular complexity index is 605. The zero-order valence-electron chi connectivity index (χ0n) is 11.0. The first-order valence-corrected chi connectivity index (χ1v) is 6.35. The maximum atomic E-state index is 9.05. The van der Waals surface area contributed by atoms with Crippen LogP contribution in [0.15, 0.2) is 36.7 Å². The van der Waals surface area contributed by atoms with Gasteiger partial charge in [0.25, 0.3) is 0 Å². The Kier molecular flexibility index (Phi) is 4.87. The molecule has 0 aliphatic rings. The second-order valence-corrected chi connectivity index (χ2v) is 4.14. The molecule has 0 spiro atoms. The van der Waals surface area contributed by atoms with Crippen molar-refractivity contribution < 1.29 is 0 Å². The Labute approximate surface area is 117 Å². The number of hydrogen-bond acceptors (Lipinski definition) is 6. The third kappa shape index (κ3) is 3.67. The molecule has 2 rings (SSSR count). The van der Waals surface area contributed by atoms with E-state index >= 15 is 0 Å². The molecule has 0 atom stereocenters. The van der Waals surface area contributed by atoms with Gasteiger partial charge in [-0.15, -0.1) is 0 Å². The van der Waals surface area contributed by atoms with Crippen LogP contribution in [0, 0.1) is 11.3 Å². The van der Waals surface area contributed by atoms with Gasteiger partial charge in [0.05, 0.1) is 11.3 Å². The molecule has 20 heavy (non-hydrogen) atoms. The zero-order valence-corrected chi connectivity index (χ0v) is 11.0. The van der Waals surface area contributed by atoms with Gasteiger partial charge in [-0.05, 0) is 25.1 Å². The number of anilines is 3. The third-order valence-corrected chi connectivity index (χ3v) is 2.66. The summed E-state index contributed by atoms with van der Waals surface area (Å²) in [6.45, 7) is 1.40. The molecule has 0 radical (unpaired) electrons. The topological polar surface area (TPSA) is 99.7 Å². The van der Waals surface area contributed by atoms with Crippen LogP contribution in [0.1, 0.15) is 12.0 Å². The second kappa shape index (κ2) is 7.07. The molecule has 0 unspecified atom stereocenters. The van der Waals surface area contributed by atoms with E-state index < -0.39 is 0 Å². The van der Waals surface area contributed by atoms with Crippen molar-refractivity contribution in [2.45, 2.75) is 6.42 Å². The Morgan fingerprint density at radius 1 is 1.20 bits per heavy atom. The van der Waals surface area contributed by atoms with Crippen LogP contribution in [-0.4, -0.2) is 23.1 Å². The normalized spacial score (nSPS) is 9.80. The number of hydrogen-bond donors (Lipinski definition) is 3. The van der Waals surface area contributed by atoms with Crippen molar-refractivity contribution >= 4 is 17.3 Å². The number of nitrogens with zero attached hydrogens (tertiary/aromatic N) is 3. The minimum Gasteiger partial charge on any atom is -0.370 e. The average Bonchev–Trinajstić information content (AvgIpc) is 2.48. The van der Waals surface area contributed by atoms with E-state index in [1.807, 2.05) is 18.2 Å².